The van der Waals surface area contributed by atoms with Gasteiger partial charge in [0.15, 0.2) is 9.84 Å². The number of carbonyl (C=O) groups is 3. The van der Waals surface area contributed by atoms with Gasteiger partial charge in [0.25, 0.3) is 0 Å². The number of anilines is 1. The maximum absolute atomic E-state index is 13.2. The van der Waals surface area contributed by atoms with Crippen LogP contribution in [0.3, 0.4) is 0 Å². The van der Waals surface area contributed by atoms with Gasteiger partial charge in [-0.05, 0) is 44.2 Å². The van der Waals surface area contributed by atoms with Crippen molar-refractivity contribution >= 4 is 44.1 Å². The predicted molar refractivity (Wildman–Crippen MR) is 134 cm³/mol. The van der Waals surface area contributed by atoms with E-state index < -0.39 is 27.4 Å². The largest absolute Gasteiger partial charge is 0.372 e. The van der Waals surface area contributed by atoms with E-state index in [1.807, 2.05) is 13.8 Å². The molecule has 36 heavy (non-hydrogen) atoms. The lowest BCUT2D eigenvalue weighted by molar-refractivity contribution is -0.143. The summed E-state index contributed by atoms with van der Waals surface area (Å²) < 4.78 is 33.8. The maximum atomic E-state index is 13.2. The second kappa shape index (κ2) is 10.1. The number of nitrogens with two attached hydrogens (primary N) is 1. The Labute approximate surface area is 208 Å². The Morgan fingerprint density at radius 3 is 2.31 bits per heavy atom. The van der Waals surface area contributed by atoms with Crippen LogP contribution >= 0.6 is 0 Å². The van der Waals surface area contributed by atoms with Crippen LogP contribution in [0.4, 0.5) is 5.69 Å². The summed E-state index contributed by atoms with van der Waals surface area (Å²) in [7, 11) is -4.04. The van der Waals surface area contributed by atoms with E-state index in [4.69, 9.17) is 10.5 Å². The average molecular weight is 513 g/mol. The number of hydrogen-bond acceptors (Lipinski definition) is 6. The molecule has 2 atom stereocenters. The number of sulfone groups is 1. The molecule has 1 fully saturated rings. The van der Waals surface area contributed by atoms with Gasteiger partial charge in [-0.2, -0.15) is 0 Å². The van der Waals surface area contributed by atoms with E-state index in [0.29, 0.717) is 29.7 Å². The molecule has 2 aromatic carbocycles. The zero-order valence-electron chi connectivity index (χ0n) is 20.0. The first kappa shape index (κ1) is 25.4. The lowest BCUT2D eigenvalue weighted by atomic mass is 10.2. The molecule has 0 bridgehead atoms. The standard InChI is InChI=1S/C25H28N4O6S/c1-16-11-29(12-17(2)35-16)24(31)14-28-13-22(20-5-3-4-6-21(20)28)36(33,34)15-23(30)27-19-9-7-18(8-10-19)25(26)32/h3-10,13,16-17H,11-12,14-15H2,1-2H3,(H2,26,32)(H,27,30). The average Bonchev–Trinajstić information content (AvgIpc) is 3.18. The van der Waals surface area contributed by atoms with Crippen molar-refractivity contribution in [3.63, 3.8) is 0 Å². The molecule has 0 spiro atoms. The molecule has 4 rings (SSSR count). The number of amides is 3. The van der Waals surface area contributed by atoms with Crippen molar-refractivity contribution in [3.05, 3.63) is 60.3 Å². The van der Waals surface area contributed by atoms with Crippen molar-refractivity contribution in [3.8, 4) is 0 Å². The highest BCUT2D eigenvalue weighted by Gasteiger charge is 2.28. The summed E-state index contributed by atoms with van der Waals surface area (Å²) in [6.07, 6.45) is 1.25. The minimum atomic E-state index is -4.04. The van der Waals surface area contributed by atoms with Crippen molar-refractivity contribution in [1.29, 1.82) is 0 Å². The molecular weight excluding hydrogens is 484 g/mol. The zero-order chi connectivity index (χ0) is 26.0. The molecule has 1 aliphatic rings. The Bertz CT molecular complexity index is 1400. The van der Waals surface area contributed by atoms with E-state index in [1.165, 1.54) is 30.5 Å². The van der Waals surface area contributed by atoms with Crippen LogP contribution in [0, 0.1) is 0 Å². The molecule has 0 saturated carbocycles. The number of primary amides is 1. The number of nitrogens with zero attached hydrogens (tertiary/aromatic N) is 2. The van der Waals surface area contributed by atoms with Crippen molar-refractivity contribution in [2.75, 3.05) is 24.2 Å². The number of hydrogen-bond donors (Lipinski definition) is 2. The van der Waals surface area contributed by atoms with Gasteiger partial charge >= 0.3 is 0 Å². The van der Waals surface area contributed by atoms with Crippen molar-refractivity contribution in [2.45, 2.75) is 37.5 Å². The number of nitrogens with one attached hydrogen (secondary N) is 1. The minimum Gasteiger partial charge on any atom is -0.372 e. The third-order valence-electron chi connectivity index (χ3n) is 5.94. The van der Waals surface area contributed by atoms with E-state index in [0.717, 1.165) is 0 Å². The first-order chi connectivity index (χ1) is 17.0. The minimum absolute atomic E-state index is 0.0196. The highest BCUT2D eigenvalue weighted by molar-refractivity contribution is 7.92. The van der Waals surface area contributed by atoms with Crippen LogP contribution < -0.4 is 11.1 Å². The molecule has 2 unspecified atom stereocenters. The number of rotatable bonds is 7. The Hall–Kier alpha value is -3.70. The highest BCUT2D eigenvalue weighted by atomic mass is 32.2. The van der Waals surface area contributed by atoms with Crippen LogP contribution in [0.1, 0.15) is 24.2 Å². The summed E-state index contributed by atoms with van der Waals surface area (Å²) in [5, 5.41) is 2.96. The zero-order valence-corrected chi connectivity index (χ0v) is 20.8. The Morgan fingerprint density at radius 2 is 1.67 bits per heavy atom. The van der Waals surface area contributed by atoms with Crippen LogP contribution in [-0.4, -0.2) is 66.7 Å². The van der Waals surface area contributed by atoms with Crippen LogP contribution in [0.5, 0.6) is 0 Å². The monoisotopic (exact) mass is 512 g/mol. The van der Waals surface area contributed by atoms with E-state index >= 15 is 0 Å². The van der Waals surface area contributed by atoms with Crippen molar-refractivity contribution < 1.29 is 27.5 Å². The Morgan fingerprint density at radius 1 is 1.03 bits per heavy atom. The topological polar surface area (TPSA) is 141 Å². The summed E-state index contributed by atoms with van der Waals surface area (Å²) in [6, 6.07) is 12.7. The molecule has 0 aliphatic carbocycles. The molecule has 3 N–H and O–H groups in total. The highest BCUT2D eigenvalue weighted by Crippen LogP contribution is 2.27. The fourth-order valence-electron chi connectivity index (χ4n) is 4.38. The quantitative estimate of drug-likeness (QED) is 0.495. The lowest BCUT2D eigenvalue weighted by Crippen LogP contribution is -2.49. The van der Waals surface area contributed by atoms with E-state index in [9.17, 15) is 22.8 Å². The van der Waals surface area contributed by atoms with Crippen LogP contribution in [0.15, 0.2) is 59.6 Å². The van der Waals surface area contributed by atoms with Gasteiger partial charge in [0.2, 0.25) is 17.7 Å². The van der Waals surface area contributed by atoms with Crippen LogP contribution in [-0.2, 0) is 30.7 Å². The molecule has 1 saturated heterocycles. The summed E-state index contributed by atoms with van der Waals surface area (Å²) in [4.78, 5) is 38.5. The molecular formula is C25H28N4O6S. The fourth-order valence-corrected chi connectivity index (χ4v) is 5.75. The molecule has 3 amide bonds. The molecule has 1 aromatic heterocycles. The molecule has 190 valence electrons. The van der Waals surface area contributed by atoms with Crippen molar-refractivity contribution in [1.82, 2.24) is 9.47 Å². The number of para-hydroxylation sites is 1. The Kier molecular flexibility index (Phi) is 7.14. The van der Waals surface area contributed by atoms with E-state index in [1.54, 1.807) is 33.7 Å². The van der Waals surface area contributed by atoms with Crippen LogP contribution in [0.25, 0.3) is 10.9 Å². The number of fused-ring (bicyclic) bond motifs is 1. The molecule has 10 nitrogen and oxygen atoms in total. The van der Waals surface area contributed by atoms with Crippen LogP contribution in [0.2, 0.25) is 0 Å². The predicted octanol–water partition coefficient (Wildman–Crippen LogP) is 1.79. The van der Waals surface area contributed by atoms with E-state index in [-0.39, 0.29) is 35.1 Å². The van der Waals surface area contributed by atoms with Crippen molar-refractivity contribution in [2.24, 2.45) is 5.73 Å². The SMILES string of the molecule is CC1CN(C(=O)Cn2cc(S(=O)(=O)CC(=O)Nc3ccc(C(N)=O)cc3)c3ccccc32)CC(C)O1. The number of carbonyl (C=O) groups excluding carboxylic acids is 3. The molecule has 1 aliphatic heterocycles. The normalized spacial score (nSPS) is 18.2. The first-order valence-electron chi connectivity index (χ1n) is 11.5. The molecule has 11 heteroatoms. The molecule has 0 radical (unpaired) electrons. The number of ether oxygens (including phenoxy) is 1. The second-order valence-electron chi connectivity index (χ2n) is 8.94. The number of aromatic nitrogens is 1. The van der Waals surface area contributed by atoms with Gasteiger partial charge in [0.1, 0.15) is 12.3 Å². The van der Waals surface area contributed by atoms with Gasteiger partial charge in [0.05, 0.1) is 17.1 Å². The van der Waals surface area contributed by atoms with Gasteiger partial charge in [-0.15, -0.1) is 0 Å². The summed E-state index contributed by atoms with van der Waals surface area (Å²) in [6.45, 7) is 4.71. The number of morpholine rings is 1. The first-order valence-corrected chi connectivity index (χ1v) is 13.1. The molecule has 3 aromatic rings. The van der Waals surface area contributed by atoms with Gasteiger partial charge in [0, 0.05) is 41.4 Å². The fraction of sp³-hybridized carbons (Fsp3) is 0.320. The van der Waals surface area contributed by atoms with E-state index in [2.05, 4.69) is 5.32 Å². The smallest absolute Gasteiger partial charge is 0.248 e. The van der Waals surface area contributed by atoms with Gasteiger partial charge in [-0.3, -0.25) is 14.4 Å². The lowest BCUT2D eigenvalue weighted by Gasteiger charge is -2.35. The Balaban J connectivity index is 1.54. The summed E-state index contributed by atoms with van der Waals surface area (Å²) >= 11 is 0. The third kappa shape index (κ3) is 5.58. The molecule has 2 heterocycles. The van der Waals surface area contributed by atoms with Gasteiger partial charge in [-0.25, -0.2) is 8.42 Å². The third-order valence-corrected chi connectivity index (χ3v) is 7.58. The summed E-state index contributed by atoms with van der Waals surface area (Å²) in [5.74, 6) is -2.27. The number of benzene rings is 2. The van der Waals surface area contributed by atoms with Gasteiger partial charge in [-0.1, -0.05) is 18.2 Å². The maximum Gasteiger partial charge on any atom is 0.248 e. The summed E-state index contributed by atoms with van der Waals surface area (Å²) in [5.41, 5.74) is 6.40. The van der Waals surface area contributed by atoms with Gasteiger partial charge < -0.3 is 25.3 Å². The second-order valence-corrected chi connectivity index (χ2v) is 10.9.